The van der Waals surface area contributed by atoms with Gasteiger partial charge in [0, 0.05) is 5.75 Å². The van der Waals surface area contributed by atoms with Crippen LogP contribution in [0.2, 0.25) is 0 Å². The highest BCUT2D eigenvalue weighted by molar-refractivity contribution is 8.13. The van der Waals surface area contributed by atoms with Crippen molar-refractivity contribution < 1.29 is 9.53 Å². The average molecular weight is 155 g/mol. The largest absolute Gasteiger partial charge is 0.441 e. The molecule has 0 radical (unpaired) electrons. The maximum atomic E-state index is 10.3. The van der Waals surface area contributed by atoms with Gasteiger partial charge in [-0.05, 0) is 11.8 Å². The molecule has 0 aliphatic carbocycles. The van der Waals surface area contributed by atoms with Crippen LogP contribution in [0.3, 0.4) is 0 Å². The zero-order valence-corrected chi connectivity index (χ0v) is 6.09. The van der Waals surface area contributed by atoms with Gasteiger partial charge < -0.3 is 4.74 Å². The minimum atomic E-state index is -0.303. The highest BCUT2D eigenvalue weighted by Gasteiger charge is 1.97. The molecule has 0 aliphatic heterocycles. The Morgan fingerprint density at radius 2 is 2.50 bits per heavy atom. The molecule has 0 rings (SSSR count). The molecule has 8 heavy (non-hydrogen) atoms. The van der Waals surface area contributed by atoms with Crippen LogP contribution in [0.15, 0.2) is 0 Å². The van der Waals surface area contributed by atoms with E-state index in [-0.39, 0.29) is 11.4 Å². The molecule has 0 bridgehead atoms. The van der Waals surface area contributed by atoms with Crippen LogP contribution in [-0.4, -0.2) is 17.1 Å². The smallest absolute Gasteiger partial charge is 0.368 e. The standard InChI is InChI=1S/C4H7ClO2S/c1-2-8-4(6)7-3-5/h2-3H2,1H3. The second-order valence-electron chi connectivity index (χ2n) is 0.936. The van der Waals surface area contributed by atoms with E-state index in [0.29, 0.717) is 0 Å². The molecule has 0 N–H and O–H groups in total. The van der Waals surface area contributed by atoms with Crippen molar-refractivity contribution in [2.24, 2.45) is 0 Å². The van der Waals surface area contributed by atoms with Crippen LogP contribution in [0.25, 0.3) is 0 Å². The molecule has 0 saturated heterocycles. The summed E-state index contributed by atoms with van der Waals surface area (Å²) < 4.78 is 4.37. The zero-order valence-electron chi connectivity index (χ0n) is 4.52. The lowest BCUT2D eigenvalue weighted by atomic mass is 11.0. The quantitative estimate of drug-likeness (QED) is 0.450. The van der Waals surface area contributed by atoms with Gasteiger partial charge in [-0.25, -0.2) is 4.79 Å². The summed E-state index contributed by atoms with van der Waals surface area (Å²) in [7, 11) is 0. The fourth-order valence-corrected chi connectivity index (χ4v) is 0.746. The SMILES string of the molecule is CCSC(=O)OCCl. The van der Waals surface area contributed by atoms with E-state index in [9.17, 15) is 4.79 Å². The van der Waals surface area contributed by atoms with Crippen LogP contribution in [0.1, 0.15) is 6.92 Å². The lowest BCUT2D eigenvalue weighted by Gasteiger charge is -1.94. The minimum Gasteiger partial charge on any atom is -0.441 e. The molecule has 0 saturated carbocycles. The van der Waals surface area contributed by atoms with Gasteiger partial charge in [-0.1, -0.05) is 18.5 Å². The second kappa shape index (κ2) is 5.25. The lowest BCUT2D eigenvalue weighted by molar-refractivity contribution is 0.194. The minimum absolute atomic E-state index is 0.0498. The Labute approximate surface area is 57.5 Å². The predicted molar refractivity (Wildman–Crippen MR) is 35.3 cm³/mol. The Morgan fingerprint density at radius 3 is 2.88 bits per heavy atom. The monoisotopic (exact) mass is 154 g/mol. The van der Waals surface area contributed by atoms with Crippen molar-refractivity contribution in [3.05, 3.63) is 0 Å². The fraction of sp³-hybridized carbons (Fsp3) is 0.750. The number of thioether (sulfide) groups is 1. The summed E-state index contributed by atoms with van der Waals surface area (Å²) in [5, 5.41) is -0.303. The maximum absolute atomic E-state index is 10.3. The summed E-state index contributed by atoms with van der Waals surface area (Å²) in [6.07, 6.45) is 0. The van der Waals surface area contributed by atoms with Crippen LogP contribution in [0.5, 0.6) is 0 Å². The van der Waals surface area contributed by atoms with Gasteiger partial charge >= 0.3 is 5.30 Å². The number of ether oxygens (including phenoxy) is 1. The van der Waals surface area contributed by atoms with Crippen LogP contribution < -0.4 is 0 Å². The summed E-state index contributed by atoms with van der Waals surface area (Å²) in [5.74, 6) is 0.732. The molecule has 0 heterocycles. The summed E-state index contributed by atoms with van der Waals surface area (Å²) in [5.41, 5.74) is 0. The van der Waals surface area contributed by atoms with Crippen molar-refractivity contribution in [3.63, 3.8) is 0 Å². The van der Waals surface area contributed by atoms with E-state index >= 15 is 0 Å². The molecule has 0 fully saturated rings. The van der Waals surface area contributed by atoms with E-state index in [4.69, 9.17) is 11.6 Å². The molecule has 2 nitrogen and oxygen atoms in total. The first-order valence-corrected chi connectivity index (χ1v) is 3.68. The highest BCUT2D eigenvalue weighted by atomic mass is 35.5. The third-order valence-corrected chi connectivity index (χ3v) is 1.19. The zero-order chi connectivity index (χ0) is 6.41. The van der Waals surface area contributed by atoms with Gasteiger partial charge in [-0.15, -0.1) is 0 Å². The van der Waals surface area contributed by atoms with Gasteiger partial charge in [-0.3, -0.25) is 0 Å². The fourth-order valence-electron chi connectivity index (χ4n) is 0.204. The molecule has 48 valence electrons. The van der Waals surface area contributed by atoms with Gasteiger partial charge in [0.2, 0.25) is 0 Å². The van der Waals surface area contributed by atoms with Gasteiger partial charge in [0.05, 0.1) is 0 Å². The first kappa shape index (κ1) is 8.11. The molecule has 4 heteroatoms. The molecule has 0 aromatic carbocycles. The molecule has 0 atom stereocenters. The van der Waals surface area contributed by atoms with Crippen molar-refractivity contribution in [1.29, 1.82) is 0 Å². The average Bonchev–Trinajstić information content (AvgIpc) is 1.68. The number of hydrogen-bond acceptors (Lipinski definition) is 3. The topological polar surface area (TPSA) is 26.3 Å². The van der Waals surface area contributed by atoms with Crippen molar-refractivity contribution >= 4 is 28.7 Å². The number of alkyl halides is 1. The molecule has 0 aromatic heterocycles. The number of rotatable bonds is 2. The Hall–Kier alpha value is 0.110. The maximum Gasteiger partial charge on any atom is 0.368 e. The number of halogens is 1. The van der Waals surface area contributed by atoms with Crippen LogP contribution in [0, 0.1) is 0 Å². The Bertz CT molecular complexity index is 68.4. The number of carbonyl (C=O) groups excluding carboxylic acids is 1. The van der Waals surface area contributed by atoms with Crippen molar-refractivity contribution in [2.45, 2.75) is 6.92 Å². The highest BCUT2D eigenvalue weighted by Crippen LogP contribution is 2.03. The third-order valence-electron chi connectivity index (χ3n) is 0.435. The van der Waals surface area contributed by atoms with Crippen molar-refractivity contribution in [3.8, 4) is 0 Å². The first-order valence-electron chi connectivity index (χ1n) is 2.16. The number of hydrogen-bond donors (Lipinski definition) is 0. The predicted octanol–water partition coefficient (Wildman–Crippen LogP) is 2.07. The van der Waals surface area contributed by atoms with E-state index in [1.807, 2.05) is 6.92 Å². The summed E-state index contributed by atoms with van der Waals surface area (Å²) >= 11 is 6.19. The van der Waals surface area contributed by atoms with E-state index in [1.165, 1.54) is 0 Å². The third kappa shape index (κ3) is 4.27. The molecule has 0 aliphatic rings. The molecular weight excluding hydrogens is 148 g/mol. The Balaban J connectivity index is 3.06. The Morgan fingerprint density at radius 1 is 1.88 bits per heavy atom. The lowest BCUT2D eigenvalue weighted by Crippen LogP contribution is -1.93. The molecule has 0 aromatic rings. The van der Waals surface area contributed by atoms with E-state index in [1.54, 1.807) is 0 Å². The van der Waals surface area contributed by atoms with Crippen molar-refractivity contribution in [1.82, 2.24) is 0 Å². The normalized spacial score (nSPS) is 8.75. The molecule has 0 unspecified atom stereocenters. The van der Waals surface area contributed by atoms with Crippen LogP contribution >= 0.6 is 23.4 Å². The van der Waals surface area contributed by atoms with Gasteiger partial charge in [0.1, 0.15) is 0 Å². The summed E-state index contributed by atoms with van der Waals surface area (Å²) in [6.45, 7) is 1.88. The van der Waals surface area contributed by atoms with Crippen molar-refractivity contribution in [2.75, 3.05) is 11.8 Å². The Kier molecular flexibility index (Phi) is 5.32. The molecular formula is C4H7ClO2S. The van der Waals surface area contributed by atoms with E-state index in [2.05, 4.69) is 4.74 Å². The van der Waals surface area contributed by atoms with E-state index in [0.717, 1.165) is 17.5 Å². The van der Waals surface area contributed by atoms with E-state index < -0.39 is 0 Å². The van der Waals surface area contributed by atoms with Gasteiger partial charge in [-0.2, -0.15) is 0 Å². The van der Waals surface area contributed by atoms with Crippen LogP contribution in [0.4, 0.5) is 4.79 Å². The van der Waals surface area contributed by atoms with Crippen LogP contribution in [-0.2, 0) is 4.74 Å². The molecule has 0 spiro atoms. The molecule has 0 amide bonds. The van der Waals surface area contributed by atoms with Gasteiger partial charge in [0.15, 0.2) is 6.07 Å². The second-order valence-corrected chi connectivity index (χ2v) is 2.35. The van der Waals surface area contributed by atoms with Gasteiger partial charge in [0.25, 0.3) is 0 Å². The summed E-state index contributed by atoms with van der Waals surface area (Å²) in [4.78, 5) is 10.3. The first-order chi connectivity index (χ1) is 3.81. The number of carbonyl (C=O) groups is 1. The summed E-state index contributed by atoms with van der Waals surface area (Å²) in [6, 6.07) is -0.0498.